The van der Waals surface area contributed by atoms with E-state index in [4.69, 9.17) is 28.4 Å². The second-order valence-corrected chi connectivity index (χ2v) is 18.0. The number of carbonyl (C=O) groups excluding carboxylic acids is 1. The number of ether oxygens (including phenoxy) is 6. The van der Waals surface area contributed by atoms with E-state index in [0.29, 0.717) is 13.0 Å². The fourth-order valence-electron chi connectivity index (χ4n) is 7.94. The summed E-state index contributed by atoms with van der Waals surface area (Å²) >= 11 is 0. The van der Waals surface area contributed by atoms with Crippen molar-refractivity contribution in [2.45, 2.75) is 248 Å². The Labute approximate surface area is 391 Å². The molecular weight excluding hydrogens is 837 g/mol. The molecule has 0 aromatic heterocycles. The summed E-state index contributed by atoms with van der Waals surface area (Å²) in [5, 5.41) is 72.0. The van der Waals surface area contributed by atoms with Gasteiger partial charge in [-0.05, 0) is 51.4 Å². The Morgan fingerprint density at radius 1 is 0.508 bits per heavy atom. The third-order valence-electron chi connectivity index (χ3n) is 12.2. The zero-order chi connectivity index (χ0) is 47.3. The van der Waals surface area contributed by atoms with Crippen LogP contribution in [-0.2, 0) is 33.2 Å². The predicted octanol–water partition coefficient (Wildman–Crippen LogP) is 7.41. The first-order chi connectivity index (χ1) is 31.6. The molecule has 2 aliphatic rings. The van der Waals surface area contributed by atoms with E-state index < -0.39 is 80.7 Å². The second-order valence-electron chi connectivity index (χ2n) is 18.0. The van der Waals surface area contributed by atoms with E-state index in [1.54, 1.807) is 0 Å². The van der Waals surface area contributed by atoms with Crippen molar-refractivity contribution in [2.75, 3.05) is 33.0 Å². The molecule has 7 N–H and O–H groups in total. The summed E-state index contributed by atoms with van der Waals surface area (Å²) in [5.74, 6) is -0.381. The van der Waals surface area contributed by atoms with Crippen LogP contribution in [0.4, 0.5) is 0 Å². The Balaban J connectivity index is 1.75. The summed E-state index contributed by atoms with van der Waals surface area (Å²) in [4.78, 5) is 13.0. The number of hydrogen-bond donors (Lipinski definition) is 7. The molecular formula is C51H92O14. The van der Waals surface area contributed by atoms with Gasteiger partial charge >= 0.3 is 5.97 Å². The van der Waals surface area contributed by atoms with Gasteiger partial charge in [-0.2, -0.15) is 0 Å². The van der Waals surface area contributed by atoms with E-state index >= 15 is 0 Å². The SMILES string of the molecule is CCCCC/C=C\C/C=C\C/C=C\CCCCCCCCCOCC(COC1OC(COC2OC(CO)C(O)C(O)C2O)C(O)C(O)C1O)OC(=O)CCCCCCCCCCCCC. The van der Waals surface area contributed by atoms with Crippen molar-refractivity contribution in [3.05, 3.63) is 36.5 Å². The van der Waals surface area contributed by atoms with Crippen molar-refractivity contribution < 1.29 is 69.0 Å². The summed E-state index contributed by atoms with van der Waals surface area (Å²) in [6.45, 7) is 3.63. The number of aliphatic hydroxyl groups is 7. The van der Waals surface area contributed by atoms with Gasteiger partial charge in [-0.15, -0.1) is 0 Å². The summed E-state index contributed by atoms with van der Waals surface area (Å²) in [6.07, 6.45) is 26.4. The molecule has 11 unspecified atom stereocenters. The lowest BCUT2D eigenvalue weighted by molar-refractivity contribution is -0.332. The average Bonchev–Trinajstić information content (AvgIpc) is 3.30. The van der Waals surface area contributed by atoms with Gasteiger partial charge in [0.05, 0.1) is 26.4 Å². The number of carbonyl (C=O) groups is 1. The van der Waals surface area contributed by atoms with Gasteiger partial charge in [0.1, 0.15) is 54.9 Å². The smallest absolute Gasteiger partial charge is 0.306 e. The Kier molecular flexibility index (Phi) is 35.7. The molecule has 0 bridgehead atoms. The molecule has 14 nitrogen and oxygen atoms in total. The normalized spacial score (nSPS) is 26.8. The number of aliphatic hydroxyl groups excluding tert-OH is 7. The number of unbranched alkanes of at least 4 members (excludes halogenated alkanes) is 20. The monoisotopic (exact) mass is 929 g/mol. The van der Waals surface area contributed by atoms with Crippen LogP contribution in [0.1, 0.15) is 181 Å². The Morgan fingerprint density at radius 3 is 1.52 bits per heavy atom. The fraction of sp³-hybridized carbons (Fsp3) is 0.863. The first-order valence-electron chi connectivity index (χ1n) is 25.6. The highest BCUT2D eigenvalue weighted by Gasteiger charge is 2.47. The van der Waals surface area contributed by atoms with E-state index in [2.05, 4.69) is 50.3 Å². The molecule has 0 radical (unpaired) electrons. The third-order valence-corrected chi connectivity index (χ3v) is 12.2. The van der Waals surface area contributed by atoms with Crippen LogP contribution in [-0.4, -0.2) is 142 Å². The minimum atomic E-state index is -1.71. The maximum Gasteiger partial charge on any atom is 0.306 e. The van der Waals surface area contributed by atoms with Crippen molar-refractivity contribution in [3.8, 4) is 0 Å². The zero-order valence-corrected chi connectivity index (χ0v) is 40.2. The minimum absolute atomic E-state index is 0.0567. The maximum absolute atomic E-state index is 13.0. The van der Waals surface area contributed by atoms with Gasteiger partial charge in [0, 0.05) is 13.0 Å². The van der Waals surface area contributed by atoms with Crippen LogP contribution in [0.25, 0.3) is 0 Å². The molecule has 0 aromatic carbocycles. The van der Waals surface area contributed by atoms with Crippen LogP contribution in [0.3, 0.4) is 0 Å². The van der Waals surface area contributed by atoms with Crippen molar-refractivity contribution in [1.82, 2.24) is 0 Å². The summed E-state index contributed by atoms with van der Waals surface area (Å²) < 4.78 is 34.2. The maximum atomic E-state index is 13.0. The number of hydrogen-bond acceptors (Lipinski definition) is 14. The van der Waals surface area contributed by atoms with E-state index in [1.807, 2.05) is 0 Å². The van der Waals surface area contributed by atoms with Crippen molar-refractivity contribution in [3.63, 3.8) is 0 Å². The molecule has 0 spiro atoms. The first kappa shape index (κ1) is 59.3. The molecule has 380 valence electrons. The Hall–Kier alpha value is -1.79. The third kappa shape index (κ3) is 27.1. The van der Waals surface area contributed by atoms with Crippen molar-refractivity contribution >= 4 is 5.97 Å². The van der Waals surface area contributed by atoms with Gasteiger partial charge in [-0.3, -0.25) is 4.79 Å². The molecule has 2 fully saturated rings. The highest BCUT2D eigenvalue weighted by Crippen LogP contribution is 2.26. The second kappa shape index (κ2) is 39.1. The summed E-state index contributed by atoms with van der Waals surface area (Å²) in [7, 11) is 0. The molecule has 0 amide bonds. The van der Waals surface area contributed by atoms with E-state index in [1.165, 1.54) is 96.3 Å². The average molecular weight is 929 g/mol. The predicted molar refractivity (Wildman–Crippen MR) is 252 cm³/mol. The molecule has 2 saturated heterocycles. The van der Waals surface area contributed by atoms with Crippen LogP contribution in [0.15, 0.2) is 36.5 Å². The molecule has 0 aliphatic carbocycles. The molecule has 65 heavy (non-hydrogen) atoms. The molecule has 11 atom stereocenters. The van der Waals surface area contributed by atoms with E-state index in [0.717, 1.165) is 57.8 Å². The van der Waals surface area contributed by atoms with Gasteiger partial charge in [-0.25, -0.2) is 0 Å². The highest BCUT2D eigenvalue weighted by molar-refractivity contribution is 5.69. The fourth-order valence-corrected chi connectivity index (χ4v) is 7.94. The lowest BCUT2D eigenvalue weighted by Gasteiger charge is -2.42. The van der Waals surface area contributed by atoms with Gasteiger partial charge in [0.15, 0.2) is 12.6 Å². The van der Waals surface area contributed by atoms with Crippen LogP contribution >= 0.6 is 0 Å². The van der Waals surface area contributed by atoms with E-state index in [-0.39, 0.29) is 25.6 Å². The number of esters is 1. The molecule has 0 aromatic rings. The largest absolute Gasteiger partial charge is 0.457 e. The first-order valence-corrected chi connectivity index (χ1v) is 25.6. The van der Waals surface area contributed by atoms with Crippen molar-refractivity contribution in [1.29, 1.82) is 0 Å². The molecule has 2 aliphatic heterocycles. The van der Waals surface area contributed by atoms with E-state index in [9.17, 15) is 40.5 Å². The lowest BCUT2D eigenvalue weighted by atomic mass is 9.98. The Morgan fingerprint density at radius 2 is 0.954 bits per heavy atom. The summed E-state index contributed by atoms with van der Waals surface area (Å²) in [5.41, 5.74) is 0. The van der Waals surface area contributed by atoms with Gasteiger partial charge in [-0.1, -0.05) is 159 Å². The van der Waals surface area contributed by atoms with Gasteiger partial charge < -0.3 is 64.2 Å². The minimum Gasteiger partial charge on any atom is -0.457 e. The zero-order valence-electron chi connectivity index (χ0n) is 40.2. The number of rotatable bonds is 40. The van der Waals surface area contributed by atoms with Crippen LogP contribution in [0.2, 0.25) is 0 Å². The van der Waals surface area contributed by atoms with Crippen LogP contribution in [0.5, 0.6) is 0 Å². The lowest BCUT2D eigenvalue weighted by Crippen LogP contribution is -2.61. The molecule has 2 heterocycles. The van der Waals surface area contributed by atoms with Crippen LogP contribution < -0.4 is 0 Å². The summed E-state index contributed by atoms with van der Waals surface area (Å²) in [6, 6.07) is 0. The molecule has 2 rings (SSSR count). The standard InChI is InChI=1S/C51H92O14/c1-3-5-7-9-11-13-15-16-17-18-19-20-21-22-23-25-27-29-31-33-35-60-37-40(63-43(53)34-32-30-28-26-24-14-12-10-8-6-4-2)38-61-50-49(59)47(57)45(55)42(65-50)39-62-51-48(58)46(56)44(54)41(36-52)64-51/h11,13,16-17,19-20,40-42,44-52,54-59H,3-10,12,14-15,18,21-39H2,1-2H3/b13-11-,17-16-,20-19-. The van der Waals surface area contributed by atoms with Crippen LogP contribution in [0, 0.1) is 0 Å². The highest BCUT2D eigenvalue weighted by atomic mass is 16.7. The van der Waals surface area contributed by atoms with Gasteiger partial charge in [0.2, 0.25) is 0 Å². The van der Waals surface area contributed by atoms with Crippen molar-refractivity contribution in [2.24, 2.45) is 0 Å². The molecule has 14 heteroatoms. The quantitative estimate of drug-likeness (QED) is 0.0181. The number of allylic oxidation sites excluding steroid dienone is 6. The Bertz CT molecular complexity index is 1220. The topological polar surface area (TPSA) is 214 Å². The van der Waals surface area contributed by atoms with Gasteiger partial charge in [0.25, 0.3) is 0 Å². The molecule has 0 saturated carbocycles.